The van der Waals surface area contributed by atoms with Crippen LogP contribution in [0.25, 0.3) is 6.08 Å². The molecule has 0 aliphatic carbocycles. The van der Waals surface area contributed by atoms with E-state index in [0.29, 0.717) is 42.1 Å². The smallest absolute Gasteiger partial charge is 0.266 e. The molecule has 0 unspecified atom stereocenters. The molecule has 4 rings (SSSR count). The van der Waals surface area contributed by atoms with E-state index in [1.807, 2.05) is 48.5 Å². The first-order valence-electron chi connectivity index (χ1n) is 10.00. The number of amides is 2. The number of amidine groups is 1. The molecule has 2 amide bonds. The van der Waals surface area contributed by atoms with Crippen molar-refractivity contribution in [1.29, 1.82) is 0 Å². The van der Waals surface area contributed by atoms with Crippen molar-refractivity contribution in [2.45, 2.75) is 0 Å². The maximum atomic E-state index is 12.6. The summed E-state index contributed by atoms with van der Waals surface area (Å²) in [4.78, 5) is 33.2. The molecule has 31 heavy (non-hydrogen) atoms. The number of carbonyl (C=O) groups excluding carboxylic acids is 2. The summed E-state index contributed by atoms with van der Waals surface area (Å²) in [6.07, 6.45) is 1.83. The van der Waals surface area contributed by atoms with E-state index in [2.05, 4.69) is 4.99 Å². The first-order valence-corrected chi connectivity index (χ1v) is 10.8. The Hall–Kier alpha value is -3.10. The molecule has 7 nitrogen and oxygen atoms in total. The third-order valence-electron chi connectivity index (χ3n) is 4.89. The van der Waals surface area contributed by atoms with Crippen LogP contribution in [0.5, 0.6) is 5.75 Å². The normalized spacial score (nSPS) is 19.3. The Kier molecular flexibility index (Phi) is 6.69. The molecule has 0 bridgehead atoms. The number of rotatable bonds is 5. The van der Waals surface area contributed by atoms with Crippen LogP contribution in [-0.4, -0.2) is 66.7 Å². The van der Waals surface area contributed by atoms with Gasteiger partial charge in [-0.05, 0) is 47.7 Å². The van der Waals surface area contributed by atoms with Crippen LogP contribution in [-0.2, 0) is 14.3 Å². The van der Waals surface area contributed by atoms with Gasteiger partial charge in [0, 0.05) is 20.1 Å². The molecular weight excluding hydrogens is 414 g/mol. The number of nitrogens with zero attached hydrogens (tertiary/aromatic N) is 3. The minimum atomic E-state index is -0.0869. The van der Waals surface area contributed by atoms with Crippen LogP contribution in [0.4, 0.5) is 5.69 Å². The predicted molar refractivity (Wildman–Crippen MR) is 121 cm³/mol. The van der Waals surface area contributed by atoms with E-state index in [-0.39, 0.29) is 18.4 Å². The zero-order chi connectivity index (χ0) is 21.6. The fourth-order valence-corrected chi connectivity index (χ4v) is 4.11. The van der Waals surface area contributed by atoms with Crippen molar-refractivity contribution in [3.8, 4) is 5.75 Å². The van der Waals surface area contributed by atoms with Gasteiger partial charge in [-0.3, -0.25) is 14.5 Å². The fraction of sp³-hybridized carbons (Fsp3) is 0.261. The number of likely N-dealkylation sites (N-methyl/N-ethyl adjacent to an activating group) is 1. The molecule has 2 saturated heterocycles. The van der Waals surface area contributed by atoms with E-state index in [1.54, 1.807) is 29.0 Å². The highest BCUT2D eigenvalue weighted by Crippen LogP contribution is 2.33. The standard InChI is InChI=1S/C23H23N3O4S/c1-25-22(28)20(31-23(25)24-18-5-3-2-4-6-18)15-17-7-9-19(10-8-17)30-16-21(27)26-11-13-29-14-12-26/h2-10,15H,11-14,16H2,1H3/b20-15-,24-23?. The molecule has 0 atom stereocenters. The summed E-state index contributed by atoms with van der Waals surface area (Å²) in [6, 6.07) is 16.9. The molecule has 2 aliphatic heterocycles. The average Bonchev–Trinajstić information content (AvgIpc) is 3.07. The number of ether oxygens (including phenoxy) is 2. The van der Waals surface area contributed by atoms with Gasteiger partial charge in [0.05, 0.1) is 23.8 Å². The average molecular weight is 438 g/mol. The van der Waals surface area contributed by atoms with Gasteiger partial charge >= 0.3 is 0 Å². The van der Waals surface area contributed by atoms with Crippen molar-refractivity contribution in [1.82, 2.24) is 9.80 Å². The second-order valence-corrected chi connectivity index (χ2v) is 8.06. The lowest BCUT2D eigenvalue weighted by Gasteiger charge is -2.26. The molecule has 2 aromatic rings. The molecular formula is C23H23N3O4S. The van der Waals surface area contributed by atoms with E-state index in [9.17, 15) is 9.59 Å². The Morgan fingerprint density at radius 3 is 2.55 bits per heavy atom. The summed E-state index contributed by atoms with van der Waals surface area (Å²) in [5, 5.41) is 0.643. The minimum absolute atomic E-state index is 0.00111. The molecule has 0 aromatic heterocycles. The van der Waals surface area contributed by atoms with E-state index < -0.39 is 0 Å². The van der Waals surface area contributed by atoms with Gasteiger partial charge in [0.2, 0.25) is 0 Å². The second kappa shape index (κ2) is 9.80. The van der Waals surface area contributed by atoms with Crippen molar-refractivity contribution in [3.63, 3.8) is 0 Å². The molecule has 8 heteroatoms. The quantitative estimate of drug-likeness (QED) is 0.672. The monoisotopic (exact) mass is 437 g/mol. The topological polar surface area (TPSA) is 71.4 Å². The van der Waals surface area contributed by atoms with Crippen molar-refractivity contribution in [3.05, 3.63) is 65.1 Å². The summed E-state index contributed by atoms with van der Waals surface area (Å²) in [5.74, 6) is 0.476. The fourth-order valence-electron chi connectivity index (χ4n) is 3.13. The van der Waals surface area contributed by atoms with Crippen LogP contribution in [0.3, 0.4) is 0 Å². The Balaban J connectivity index is 1.38. The van der Waals surface area contributed by atoms with Crippen LogP contribution in [0.15, 0.2) is 64.5 Å². The molecule has 160 valence electrons. The summed E-state index contributed by atoms with van der Waals surface area (Å²) in [7, 11) is 1.72. The second-order valence-electron chi connectivity index (χ2n) is 7.06. The largest absolute Gasteiger partial charge is 0.484 e. The van der Waals surface area contributed by atoms with Gasteiger partial charge in [-0.1, -0.05) is 30.3 Å². The summed E-state index contributed by atoms with van der Waals surface area (Å²) >= 11 is 1.35. The Morgan fingerprint density at radius 1 is 1.13 bits per heavy atom. The van der Waals surface area contributed by atoms with E-state index in [4.69, 9.17) is 9.47 Å². The minimum Gasteiger partial charge on any atom is -0.484 e. The van der Waals surface area contributed by atoms with Crippen molar-refractivity contribution < 1.29 is 19.1 Å². The number of aliphatic imine (C=N–C) groups is 1. The van der Waals surface area contributed by atoms with Crippen LogP contribution < -0.4 is 4.74 Å². The molecule has 2 aliphatic rings. The Morgan fingerprint density at radius 2 is 1.84 bits per heavy atom. The van der Waals surface area contributed by atoms with E-state index >= 15 is 0 Å². The van der Waals surface area contributed by atoms with E-state index in [1.165, 1.54) is 11.8 Å². The van der Waals surface area contributed by atoms with E-state index in [0.717, 1.165) is 11.3 Å². The van der Waals surface area contributed by atoms with Gasteiger partial charge in [0.1, 0.15) is 5.75 Å². The number of benzene rings is 2. The van der Waals surface area contributed by atoms with Gasteiger partial charge in [-0.15, -0.1) is 0 Å². The zero-order valence-electron chi connectivity index (χ0n) is 17.2. The van der Waals surface area contributed by atoms with Crippen molar-refractivity contribution in [2.24, 2.45) is 4.99 Å². The highest BCUT2D eigenvalue weighted by molar-refractivity contribution is 8.18. The maximum absolute atomic E-state index is 12.6. The van der Waals surface area contributed by atoms with Crippen LogP contribution >= 0.6 is 11.8 Å². The third-order valence-corrected chi connectivity index (χ3v) is 5.95. The zero-order valence-corrected chi connectivity index (χ0v) is 18.0. The van der Waals surface area contributed by atoms with Crippen LogP contribution in [0, 0.1) is 0 Å². The number of hydrogen-bond donors (Lipinski definition) is 0. The van der Waals surface area contributed by atoms with Crippen molar-refractivity contribution in [2.75, 3.05) is 40.0 Å². The molecule has 2 heterocycles. The van der Waals surface area contributed by atoms with Crippen molar-refractivity contribution >= 4 is 40.5 Å². The Labute approximate surface area is 185 Å². The lowest BCUT2D eigenvalue weighted by atomic mass is 10.2. The number of morpholine rings is 1. The predicted octanol–water partition coefficient (Wildman–Crippen LogP) is 3.16. The number of para-hydroxylation sites is 1. The first-order chi connectivity index (χ1) is 15.1. The van der Waals surface area contributed by atoms with Gasteiger partial charge < -0.3 is 14.4 Å². The number of carbonyl (C=O) groups is 2. The van der Waals surface area contributed by atoms with Crippen LogP contribution in [0.1, 0.15) is 5.56 Å². The highest BCUT2D eigenvalue weighted by Gasteiger charge is 2.30. The molecule has 0 N–H and O–H groups in total. The molecule has 0 radical (unpaired) electrons. The highest BCUT2D eigenvalue weighted by atomic mass is 32.2. The Bertz CT molecular complexity index is 999. The molecule has 2 fully saturated rings. The summed E-state index contributed by atoms with van der Waals surface area (Å²) < 4.78 is 10.9. The molecule has 0 saturated carbocycles. The third kappa shape index (κ3) is 5.34. The van der Waals surface area contributed by atoms with Gasteiger partial charge in [0.25, 0.3) is 11.8 Å². The van der Waals surface area contributed by atoms with Gasteiger partial charge in [-0.25, -0.2) is 4.99 Å². The maximum Gasteiger partial charge on any atom is 0.266 e. The SMILES string of the molecule is CN1C(=O)/C(=C/c2ccc(OCC(=O)N3CCOCC3)cc2)SC1=Nc1ccccc1. The van der Waals surface area contributed by atoms with Crippen LogP contribution in [0.2, 0.25) is 0 Å². The lowest BCUT2D eigenvalue weighted by molar-refractivity contribution is -0.137. The van der Waals surface area contributed by atoms with Gasteiger partial charge in [-0.2, -0.15) is 0 Å². The summed E-state index contributed by atoms with van der Waals surface area (Å²) in [6.45, 7) is 2.34. The summed E-state index contributed by atoms with van der Waals surface area (Å²) in [5.41, 5.74) is 1.68. The lowest BCUT2D eigenvalue weighted by Crippen LogP contribution is -2.42. The number of thioether (sulfide) groups is 1. The van der Waals surface area contributed by atoms with Gasteiger partial charge in [0.15, 0.2) is 11.8 Å². The molecule has 2 aromatic carbocycles. The first kappa shape index (κ1) is 21.1. The number of hydrogen-bond acceptors (Lipinski definition) is 6. The molecule has 0 spiro atoms.